The summed E-state index contributed by atoms with van der Waals surface area (Å²) in [6.07, 6.45) is 30.7. The van der Waals surface area contributed by atoms with Crippen molar-refractivity contribution in [2.75, 3.05) is 0 Å². The number of unbranched alkanes of at least 4 members (excludes halogenated alkanes) is 15. The number of carbonyl (C=O) groups excluding carboxylic acids is 1. The van der Waals surface area contributed by atoms with E-state index in [2.05, 4.69) is 6.92 Å². The number of rotatable bonds is 25. The zero-order valence-electron chi connectivity index (χ0n) is 27.8. The average molecular weight is 607 g/mol. The maximum atomic E-state index is 11.7. The Morgan fingerprint density at radius 3 is 1.91 bits per heavy atom. The summed E-state index contributed by atoms with van der Waals surface area (Å²) in [5.74, 6) is -0.268. The van der Waals surface area contributed by atoms with E-state index in [1.807, 2.05) is 13.0 Å². The first kappa shape index (κ1) is 36.5. The van der Waals surface area contributed by atoms with Gasteiger partial charge in [0.25, 0.3) is 0 Å². The summed E-state index contributed by atoms with van der Waals surface area (Å²) >= 11 is 0. The molecule has 0 amide bonds. The monoisotopic (exact) mass is 606 g/mol. The van der Waals surface area contributed by atoms with Crippen LogP contribution in [0, 0.1) is 0 Å². The van der Waals surface area contributed by atoms with Crippen molar-refractivity contribution in [2.45, 2.75) is 217 Å². The highest BCUT2D eigenvalue weighted by molar-refractivity contribution is 5.90. The lowest BCUT2D eigenvalue weighted by molar-refractivity contribution is -0.139. The Morgan fingerprint density at radius 2 is 1.28 bits per heavy atom. The summed E-state index contributed by atoms with van der Waals surface area (Å²) in [6, 6.07) is 0. The van der Waals surface area contributed by atoms with Gasteiger partial charge in [0.1, 0.15) is 6.10 Å². The lowest BCUT2D eigenvalue weighted by Crippen LogP contribution is -2.31. The van der Waals surface area contributed by atoms with Crippen LogP contribution in [0.5, 0.6) is 0 Å². The SMILES string of the molecule is CCCCCCCCCCCC[C@@H](O)[C@H]1CC[C@@H]([C@@H]2CC[C@@H](CCCCCCCCC[C@@H](O)CC3=C[C@H](C)OC3=O)O2)O1. The zero-order chi connectivity index (χ0) is 30.7. The smallest absolute Gasteiger partial charge is 0.334 e. The lowest BCUT2D eigenvalue weighted by atomic mass is 10.0. The Kier molecular flexibility index (Phi) is 18.5. The number of cyclic esters (lactones) is 1. The molecular formula is C37H66O6. The van der Waals surface area contributed by atoms with Gasteiger partial charge in [-0.2, -0.15) is 0 Å². The zero-order valence-corrected chi connectivity index (χ0v) is 27.8. The van der Waals surface area contributed by atoms with E-state index < -0.39 is 6.10 Å². The molecule has 0 radical (unpaired) electrons. The number of aliphatic hydroxyl groups excluding tert-OH is 2. The quantitative estimate of drug-likeness (QED) is 0.0797. The van der Waals surface area contributed by atoms with E-state index in [1.54, 1.807) is 0 Å². The lowest BCUT2D eigenvalue weighted by Gasteiger charge is -2.23. The molecule has 0 aromatic rings. The van der Waals surface area contributed by atoms with Crippen LogP contribution in [0.2, 0.25) is 0 Å². The molecule has 0 unspecified atom stereocenters. The maximum Gasteiger partial charge on any atom is 0.334 e. The molecule has 0 spiro atoms. The molecule has 2 saturated heterocycles. The highest BCUT2D eigenvalue weighted by atomic mass is 16.6. The molecular weight excluding hydrogens is 540 g/mol. The first-order chi connectivity index (χ1) is 21.0. The van der Waals surface area contributed by atoms with Crippen molar-refractivity contribution in [1.82, 2.24) is 0 Å². The Bertz CT molecular complexity index is 768. The van der Waals surface area contributed by atoms with Crippen molar-refractivity contribution >= 4 is 5.97 Å². The molecule has 6 heteroatoms. The number of ether oxygens (including phenoxy) is 3. The predicted octanol–water partition coefficient (Wildman–Crippen LogP) is 8.89. The normalized spacial score (nSPS) is 27.0. The summed E-state index contributed by atoms with van der Waals surface area (Å²) < 4.78 is 17.9. The molecule has 3 aliphatic heterocycles. The second-order valence-electron chi connectivity index (χ2n) is 13.9. The van der Waals surface area contributed by atoms with Crippen LogP contribution in [-0.4, -0.2) is 58.9 Å². The molecule has 0 saturated carbocycles. The molecule has 0 aromatic carbocycles. The predicted molar refractivity (Wildman–Crippen MR) is 174 cm³/mol. The van der Waals surface area contributed by atoms with Crippen molar-refractivity contribution in [3.05, 3.63) is 11.6 Å². The average Bonchev–Trinajstić information content (AvgIpc) is 3.73. The van der Waals surface area contributed by atoms with Gasteiger partial charge in [-0.3, -0.25) is 0 Å². The van der Waals surface area contributed by atoms with Crippen LogP contribution in [0.3, 0.4) is 0 Å². The molecule has 3 heterocycles. The van der Waals surface area contributed by atoms with Crippen LogP contribution in [0.4, 0.5) is 0 Å². The molecule has 3 rings (SSSR count). The Labute approximate surface area is 263 Å². The van der Waals surface area contributed by atoms with Crippen molar-refractivity contribution in [3.8, 4) is 0 Å². The number of carbonyl (C=O) groups is 1. The van der Waals surface area contributed by atoms with Crippen molar-refractivity contribution < 1.29 is 29.2 Å². The fourth-order valence-electron chi connectivity index (χ4n) is 7.26. The molecule has 6 nitrogen and oxygen atoms in total. The Morgan fingerprint density at radius 1 is 0.721 bits per heavy atom. The first-order valence-electron chi connectivity index (χ1n) is 18.5. The van der Waals surface area contributed by atoms with E-state index >= 15 is 0 Å². The second kappa shape index (κ2) is 21.7. The number of hydrogen-bond donors (Lipinski definition) is 2. The summed E-state index contributed by atoms with van der Waals surface area (Å²) in [4.78, 5) is 11.7. The first-order valence-corrected chi connectivity index (χ1v) is 18.5. The van der Waals surface area contributed by atoms with Gasteiger partial charge in [-0.1, -0.05) is 116 Å². The molecule has 250 valence electrons. The molecule has 3 aliphatic rings. The highest BCUT2D eigenvalue weighted by Crippen LogP contribution is 2.34. The third kappa shape index (κ3) is 14.8. The van der Waals surface area contributed by atoms with Crippen molar-refractivity contribution in [1.29, 1.82) is 0 Å². The fourth-order valence-corrected chi connectivity index (χ4v) is 7.26. The number of esters is 1. The van der Waals surface area contributed by atoms with Gasteiger partial charge in [0.2, 0.25) is 0 Å². The summed E-state index contributed by atoms with van der Waals surface area (Å²) in [6.45, 7) is 4.12. The van der Waals surface area contributed by atoms with Gasteiger partial charge in [-0.25, -0.2) is 4.79 Å². The van der Waals surface area contributed by atoms with Gasteiger partial charge < -0.3 is 24.4 Å². The molecule has 0 aromatic heterocycles. The van der Waals surface area contributed by atoms with Gasteiger partial charge in [-0.15, -0.1) is 0 Å². The number of hydrogen-bond acceptors (Lipinski definition) is 6. The van der Waals surface area contributed by atoms with E-state index in [0.29, 0.717) is 18.1 Å². The van der Waals surface area contributed by atoms with E-state index in [0.717, 1.165) is 64.2 Å². The maximum absolute atomic E-state index is 11.7. The molecule has 2 fully saturated rings. The summed E-state index contributed by atoms with van der Waals surface area (Å²) in [5, 5.41) is 20.9. The van der Waals surface area contributed by atoms with Crippen molar-refractivity contribution in [3.63, 3.8) is 0 Å². The standard InChI is InChI=1S/C37H66O6/c1-3-4-5-6-7-8-9-13-16-19-22-33(39)34-25-26-36(43-34)35-24-23-32(42-35)21-18-15-12-10-11-14-17-20-31(38)28-30-27-29(2)41-37(30)40/h27,29,31-36,38-39H,3-26,28H2,1-2H3/t29-,31+,32+,33+,34+,35-,36-/m0/s1. The minimum absolute atomic E-state index is 0.00166. The highest BCUT2D eigenvalue weighted by Gasteiger charge is 2.39. The fraction of sp³-hybridized carbons (Fsp3) is 0.919. The molecule has 0 bridgehead atoms. The van der Waals surface area contributed by atoms with Crippen LogP contribution in [-0.2, 0) is 19.0 Å². The van der Waals surface area contributed by atoms with Crippen molar-refractivity contribution in [2.24, 2.45) is 0 Å². The van der Waals surface area contributed by atoms with Crippen LogP contribution in [0.15, 0.2) is 11.6 Å². The van der Waals surface area contributed by atoms with Crippen LogP contribution >= 0.6 is 0 Å². The summed E-state index contributed by atoms with van der Waals surface area (Å²) in [7, 11) is 0. The van der Waals surface area contributed by atoms with Crippen LogP contribution < -0.4 is 0 Å². The third-order valence-electron chi connectivity index (χ3n) is 9.93. The third-order valence-corrected chi connectivity index (χ3v) is 9.93. The minimum Gasteiger partial charge on any atom is -0.455 e. The second-order valence-corrected chi connectivity index (χ2v) is 13.9. The van der Waals surface area contributed by atoms with E-state index in [-0.39, 0.29) is 36.5 Å². The molecule has 0 aliphatic carbocycles. The largest absolute Gasteiger partial charge is 0.455 e. The topological polar surface area (TPSA) is 85.2 Å². The van der Waals surface area contributed by atoms with E-state index in [1.165, 1.54) is 89.9 Å². The van der Waals surface area contributed by atoms with Gasteiger partial charge >= 0.3 is 5.97 Å². The molecule has 43 heavy (non-hydrogen) atoms. The van der Waals surface area contributed by atoms with E-state index in [9.17, 15) is 15.0 Å². The van der Waals surface area contributed by atoms with Gasteiger partial charge in [0.15, 0.2) is 0 Å². The molecule has 2 N–H and O–H groups in total. The Hall–Kier alpha value is -0.950. The Balaban J connectivity index is 1.11. The van der Waals surface area contributed by atoms with Crippen LogP contribution in [0.25, 0.3) is 0 Å². The van der Waals surface area contributed by atoms with Crippen LogP contribution in [0.1, 0.15) is 174 Å². The summed E-state index contributed by atoms with van der Waals surface area (Å²) in [5.41, 5.74) is 0.631. The van der Waals surface area contributed by atoms with Gasteiger partial charge in [0, 0.05) is 12.0 Å². The minimum atomic E-state index is -0.445. The number of aliphatic hydroxyl groups is 2. The van der Waals surface area contributed by atoms with Gasteiger partial charge in [0.05, 0.1) is 36.6 Å². The van der Waals surface area contributed by atoms with E-state index in [4.69, 9.17) is 14.2 Å². The molecule has 7 atom stereocenters. The van der Waals surface area contributed by atoms with Gasteiger partial charge in [-0.05, 0) is 57.9 Å².